The lowest BCUT2D eigenvalue weighted by atomic mass is 9.92. The van der Waals surface area contributed by atoms with Crippen molar-refractivity contribution in [3.05, 3.63) is 65.9 Å². The Labute approximate surface area is 213 Å². The standard InChI is InChI=1S/C28H37N5O3/c1-19(2)17-32(27(35)29-21-9-8-10-23(15-21)36-7)18-26(34)30-25-16-24(28(4,5)6)31-33(25)22-13-11-20(3)12-14-22/h8-16,19H,17-18H2,1-7H3,(H,29,35)(H,30,34). The van der Waals surface area contributed by atoms with Gasteiger partial charge in [-0.25, -0.2) is 9.48 Å². The molecule has 192 valence electrons. The second-order valence-corrected chi connectivity index (χ2v) is 10.4. The molecular formula is C28H37N5O3. The van der Waals surface area contributed by atoms with Gasteiger partial charge >= 0.3 is 6.03 Å². The number of aryl methyl sites for hydroxylation is 1. The van der Waals surface area contributed by atoms with Crippen molar-refractivity contribution in [1.82, 2.24) is 14.7 Å². The predicted octanol–water partition coefficient (Wildman–Crippen LogP) is 5.62. The molecule has 1 heterocycles. The van der Waals surface area contributed by atoms with Gasteiger partial charge < -0.3 is 20.3 Å². The number of hydrogen-bond acceptors (Lipinski definition) is 4. The van der Waals surface area contributed by atoms with Gasteiger partial charge in [-0.3, -0.25) is 4.79 Å². The quantitative estimate of drug-likeness (QED) is 0.428. The maximum atomic E-state index is 13.2. The largest absolute Gasteiger partial charge is 0.497 e. The van der Waals surface area contributed by atoms with Gasteiger partial charge in [0.1, 0.15) is 18.1 Å². The number of urea groups is 1. The highest BCUT2D eigenvalue weighted by atomic mass is 16.5. The number of carbonyl (C=O) groups is 2. The van der Waals surface area contributed by atoms with Crippen LogP contribution in [0, 0.1) is 12.8 Å². The van der Waals surface area contributed by atoms with E-state index in [4.69, 9.17) is 9.84 Å². The van der Waals surface area contributed by atoms with Gasteiger partial charge in [-0.05, 0) is 37.1 Å². The van der Waals surface area contributed by atoms with E-state index in [9.17, 15) is 9.59 Å². The first-order valence-corrected chi connectivity index (χ1v) is 12.1. The zero-order valence-corrected chi connectivity index (χ0v) is 22.3. The van der Waals surface area contributed by atoms with Gasteiger partial charge in [-0.15, -0.1) is 0 Å². The molecular weight excluding hydrogens is 454 g/mol. The van der Waals surface area contributed by atoms with Crippen LogP contribution >= 0.6 is 0 Å². The average molecular weight is 492 g/mol. The third-order valence-corrected chi connectivity index (χ3v) is 5.55. The minimum Gasteiger partial charge on any atom is -0.497 e. The second kappa shape index (κ2) is 11.3. The summed E-state index contributed by atoms with van der Waals surface area (Å²) in [6.07, 6.45) is 0. The lowest BCUT2D eigenvalue weighted by molar-refractivity contribution is -0.116. The Bertz CT molecular complexity index is 1190. The van der Waals surface area contributed by atoms with Crippen molar-refractivity contribution in [2.24, 2.45) is 5.92 Å². The molecule has 0 radical (unpaired) electrons. The van der Waals surface area contributed by atoms with Crippen LogP contribution in [0.25, 0.3) is 5.69 Å². The molecule has 0 saturated carbocycles. The van der Waals surface area contributed by atoms with Gasteiger partial charge in [0.05, 0.1) is 18.5 Å². The van der Waals surface area contributed by atoms with Gasteiger partial charge in [0.2, 0.25) is 5.91 Å². The number of rotatable bonds is 8. The number of methoxy groups -OCH3 is 1. The molecule has 1 aromatic heterocycles. The summed E-state index contributed by atoms with van der Waals surface area (Å²) in [5.41, 5.74) is 3.24. The van der Waals surface area contributed by atoms with Crippen LogP contribution in [0.5, 0.6) is 5.75 Å². The van der Waals surface area contributed by atoms with E-state index in [0.29, 0.717) is 23.8 Å². The Morgan fingerprint density at radius 3 is 2.36 bits per heavy atom. The van der Waals surface area contributed by atoms with Crippen LogP contribution in [0.4, 0.5) is 16.3 Å². The SMILES string of the molecule is COc1cccc(NC(=O)N(CC(=O)Nc2cc(C(C)(C)C)nn2-c2ccc(C)cc2)CC(C)C)c1. The van der Waals surface area contributed by atoms with Gasteiger partial charge in [0.25, 0.3) is 0 Å². The summed E-state index contributed by atoms with van der Waals surface area (Å²) in [7, 11) is 1.57. The minimum atomic E-state index is -0.352. The van der Waals surface area contributed by atoms with E-state index in [-0.39, 0.29) is 29.8 Å². The fraction of sp³-hybridized carbons (Fsp3) is 0.393. The molecule has 3 rings (SSSR count). The van der Waals surface area contributed by atoms with Crippen LogP contribution in [0.15, 0.2) is 54.6 Å². The van der Waals surface area contributed by atoms with Crippen molar-refractivity contribution in [3.8, 4) is 11.4 Å². The van der Waals surface area contributed by atoms with Crippen LogP contribution in [0.3, 0.4) is 0 Å². The number of carbonyl (C=O) groups excluding carboxylic acids is 2. The number of hydrogen-bond donors (Lipinski definition) is 2. The molecule has 0 saturated heterocycles. The lowest BCUT2D eigenvalue weighted by Crippen LogP contribution is -2.42. The van der Waals surface area contributed by atoms with E-state index in [1.165, 1.54) is 4.90 Å². The van der Waals surface area contributed by atoms with Crippen LogP contribution in [0.1, 0.15) is 45.9 Å². The van der Waals surface area contributed by atoms with E-state index < -0.39 is 0 Å². The molecule has 0 atom stereocenters. The van der Waals surface area contributed by atoms with Gasteiger partial charge in [-0.1, -0.05) is 58.4 Å². The Kier molecular flexibility index (Phi) is 8.40. The number of amides is 3. The van der Waals surface area contributed by atoms with Crippen LogP contribution in [-0.2, 0) is 10.2 Å². The zero-order chi connectivity index (χ0) is 26.5. The molecule has 0 bridgehead atoms. The lowest BCUT2D eigenvalue weighted by Gasteiger charge is -2.24. The predicted molar refractivity (Wildman–Crippen MR) is 144 cm³/mol. The molecule has 0 unspecified atom stereocenters. The van der Waals surface area contributed by atoms with Crippen molar-refractivity contribution >= 4 is 23.4 Å². The van der Waals surface area contributed by atoms with E-state index >= 15 is 0 Å². The highest BCUT2D eigenvalue weighted by Gasteiger charge is 2.23. The summed E-state index contributed by atoms with van der Waals surface area (Å²) in [6.45, 7) is 12.6. The molecule has 0 fully saturated rings. The molecule has 3 aromatic rings. The van der Waals surface area contributed by atoms with E-state index in [1.54, 1.807) is 36.1 Å². The highest BCUT2D eigenvalue weighted by molar-refractivity contribution is 5.96. The summed E-state index contributed by atoms with van der Waals surface area (Å²) < 4.78 is 6.97. The summed E-state index contributed by atoms with van der Waals surface area (Å²) in [5.74, 6) is 1.08. The average Bonchev–Trinajstić information content (AvgIpc) is 3.23. The molecule has 8 heteroatoms. The Balaban J connectivity index is 1.81. The smallest absolute Gasteiger partial charge is 0.322 e. The van der Waals surface area contributed by atoms with Crippen LogP contribution in [-0.4, -0.2) is 46.8 Å². The van der Waals surface area contributed by atoms with E-state index in [1.807, 2.05) is 51.1 Å². The number of nitrogens with one attached hydrogen (secondary N) is 2. The molecule has 3 amide bonds. The first-order valence-electron chi connectivity index (χ1n) is 12.1. The summed E-state index contributed by atoms with van der Waals surface area (Å²) >= 11 is 0. The molecule has 2 aromatic carbocycles. The molecule has 36 heavy (non-hydrogen) atoms. The number of ether oxygens (including phenoxy) is 1. The minimum absolute atomic E-state index is 0.0993. The van der Waals surface area contributed by atoms with Crippen molar-refractivity contribution in [2.45, 2.75) is 47.0 Å². The van der Waals surface area contributed by atoms with E-state index in [2.05, 4.69) is 31.4 Å². The molecule has 0 aliphatic carbocycles. The molecule has 0 aliphatic heterocycles. The number of aromatic nitrogens is 2. The number of benzene rings is 2. The monoisotopic (exact) mass is 491 g/mol. The fourth-order valence-electron chi connectivity index (χ4n) is 3.64. The molecule has 2 N–H and O–H groups in total. The Morgan fingerprint density at radius 1 is 1.06 bits per heavy atom. The fourth-order valence-corrected chi connectivity index (χ4v) is 3.64. The summed E-state index contributed by atoms with van der Waals surface area (Å²) in [5, 5.41) is 10.6. The zero-order valence-electron chi connectivity index (χ0n) is 22.3. The topological polar surface area (TPSA) is 88.5 Å². The summed E-state index contributed by atoms with van der Waals surface area (Å²) in [6, 6.07) is 16.6. The van der Waals surface area contributed by atoms with Crippen LogP contribution in [0.2, 0.25) is 0 Å². The Hall–Kier alpha value is -3.81. The van der Waals surface area contributed by atoms with Crippen LogP contribution < -0.4 is 15.4 Å². The maximum absolute atomic E-state index is 13.2. The third kappa shape index (κ3) is 7.10. The van der Waals surface area contributed by atoms with Crippen molar-refractivity contribution in [2.75, 3.05) is 30.8 Å². The highest BCUT2D eigenvalue weighted by Crippen LogP contribution is 2.26. The van der Waals surface area contributed by atoms with E-state index in [0.717, 1.165) is 16.9 Å². The molecule has 0 spiro atoms. The number of anilines is 2. The molecule has 0 aliphatic rings. The van der Waals surface area contributed by atoms with Crippen molar-refractivity contribution < 1.29 is 14.3 Å². The second-order valence-electron chi connectivity index (χ2n) is 10.4. The first kappa shape index (κ1) is 26.8. The van der Waals surface area contributed by atoms with Crippen molar-refractivity contribution in [3.63, 3.8) is 0 Å². The molecule has 8 nitrogen and oxygen atoms in total. The maximum Gasteiger partial charge on any atom is 0.322 e. The van der Waals surface area contributed by atoms with Gasteiger partial charge in [0.15, 0.2) is 0 Å². The normalized spacial score (nSPS) is 11.3. The number of nitrogens with zero attached hydrogens (tertiary/aromatic N) is 3. The van der Waals surface area contributed by atoms with Gasteiger partial charge in [-0.2, -0.15) is 5.10 Å². The summed E-state index contributed by atoms with van der Waals surface area (Å²) in [4.78, 5) is 27.7. The first-order chi connectivity index (χ1) is 17.0. The van der Waals surface area contributed by atoms with Crippen molar-refractivity contribution in [1.29, 1.82) is 0 Å². The third-order valence-electron chi connectivity index (χ3n) is 5.55. The van der Waals surface area contributed by atoms with Gasteiger partial charge in [0, 0.05) is 29.8 Å². The Morgan fingerprint density at radius 2 is 1.75 bits per heavy atom.